The fourth-order valence-electron chi connectivity index (χ4n) is 3.48. The molecule has 1 aliphatic rings. The minimum absolute atomic E-state index is 0.467. The van der Waals surface area contributed by atoms with E-state index in [2.05, 4.69) is 12.1 Å². The average molecular weight is 430 g/mol. The first-order valence-electron chi connectivity index (χ1n) is 10.8. The lowest BCUT2D eigenvalue weighted by Crippen LogP contribution is -2.07. The van der Waals surface area contributed by atoms with Crippen LogP contribution in [0.1, 0.15) is 32.1 Å². The second kappa shape index (κ2) is 11.4. The second-order valence-corrected chi connectivity index (χ2v) is 8.84. The lowest BCUT2D eigenvalue weighted by Gasteiger charge is -2.20. The van der Waals surface area contributed by atoms with Gasteiger partial charge in [0.25, 0.3) is 0 Å². The molecule has 0 N–H and O–H groups in total. The molecule has 1 saturated carbocycles. The number of thioether (sulfide) groups is 1. The highest BCUT2D eigenvalue weighted by Gasteiger charge is 2.14. The van der Waals surface area contributed by atoms with E-state index in [1.165, 1.54) is 37.0 Å². The van der Waals surface area contributed by atoms with E-state index in [4.69, 9.17) is 14.5 Å². The Kier molecular flexibility index (Phi) is 7.83. The Morgan fingerprint density at radius 1 is 0.774 bits per heavy atom. The molecule has 31 heavy (non-hydrogen) atoms. The number of nitrogens with zero attached hydrogens (tertiary/aromatic N) is 1. The molecule has 0 saturated heterocycles. The number of hydrogen-bond acceptors (Lipinski definition) is 4. The Bertz CT molecular complexity index is 979. The van der Waals surface area contributed by atoms with Crippen LogP contribution in [0.25, 0.3) is 0 Å². The van der Waals surface area contributed by atoms with E-state index in [1.54, 1.807) is 12.3 Å². The molecule has 0 unspecified atom stereocenters. The zero-order valence-electron chi connectivity index (χ0n) is 17.5. The van der Waals surface area contributed by atoms with Gasteiger partial charge in [-0.3, -0.25) is 0 Å². The van der Waals surface area contributed by atoms with Crippen molar-refractivity contribution in [1.29, 1.82) is 0 Å². The van der Waals surface area contributed by atoms with Crippen molar-refractivity contribution in [2.75, 3.05) is 0 Å². The number of aliphatic imine (C=N–C) groups is 1. The van der Waals surface area contributed by atoms with Gasteiger partial charge in [0.15, 0.2) is 0 Å². The van der Waals surface area contributed by atoms with Crippen molar-refractivity contribution in [3.05, 3.63) is 97.3 Å². The zero-order chi connectivity index (χ0) is 21.1. The average Bonchev–Trinajstić information content (AvgIpc) is 2.82. The van der Waals surface area contributed by atoms with Gasteiger partial charge in [-0.2, -0.15) is 0 Å². The molecule has 1 aliphatic carbocycles. The van der Waals surface area contributed by atoms with Crippen LogP contribution in [0.3, 0.4) is 0 Å². The number of rotatable bonds is 7. The van der Waals surface area contributed by atoms with Crippen molar-refractivity contribution >= 4 is 23.3 Å². The van der Waals surface area contributed by atoms with Crippen LogP contribution in [-0.4, -0.2) is 11.1 Å². The zero-order valence-corrected chi connectivity index (χ0v) is 18.3. The summed E-state index contributed by atoms with van der Waals surface area (Å²) in [6, 6.07) is 27.7. The minimum Gasteiger partial charge on any atom is -0.465 e. The highest BCUT2D eigenvalue weighted by molar-refractivity contribution is 8.00. The van der Waals surface area contributed by atoms with Crippen LogP contribution in [0.2, 0.25) is 0 Å². The molecule has 158 valence electrons. The summed E-state index contributed by atoms with van der Waals surface area (Å²) in [5, 5.41) is 0.748. The van der Waals surface area contributed by atoms with Crippen LogP contribution in [-0.2, 0) is 0 Å². The molecule has 0 spiro atoms. The first kappa shape index (κ1) is 21.3. The van der Waals surface area contributed by atoms with E-state index in [1.807, 2.05) is 84.6 Å². The maximum Gasteiger partial charge on any atom is 0.222 e. The maximum absolute atomic E-state index is 5.99. The highest BCUT2D eigenvalue weighted by atomic mass is 32.2. The van der Waals surface area contributed by atoms with Crippen LogP contribution in [0, 0.1) is 0 Å². The van der Waals surface area contributed by atoms with Crippen LogP contribution in [0.5, 0.6) is 11.5 Å². The summed E-state index contributed by atoms with van der Waals surface area (Å²) in [7, 11) is 0. The Morgan fingerprint density at radius 3 is 2.10 bits per heavy atom. The summed E-state index contributed by atoms with van der Waals surface area (Å²) in [6.07, 6.45) is 10.1. The number of hydrogen-bond donors (Lipinski definition) is 0. The lowest BCUT2D eigenvalue weighted by atomic mass is 10.0. The highest BCUT2D eigenvalue weighted by Crippen LogP contribution is 2.34. The smallest absolute Gasteiger partial charge is 0.222 e. The first-order valence-corrected chi connectivity index (χ1v) is 11.7. The van der Waals surface area contributed by atoms with E-state index >= 15 is 0 Å². The third-order valence-corrected chi connectivity index (χ3v) is 6.40. The fraction of sp³-hybridized carbons (Fsp3) is 0.222. The van der Waals surface area contributed by atoms with E-state index in [-0.39, 0.29) is 0 Å². The van der Waals surface area contributed by atoms with Gasteiger partial charge in [0, 0.05) is 16.2 Å². The molecule has 3 nitrogen and oxygen atoms in total. The molecule has 3 aromatic carbocycles. The molecule has 0 aromatic heterocycles. The standard InChI is InChI=1S/C27H27NO2S/c1-4-10-23(11-5-1)29-21-20-27(30-24-12-6-2-7-13-24)28-22-16-18-26(19-17-22)31-25-14-8-3-9-15-25/h1-2,4-7,10-13,16-21,25H,3,8-9,14-15H2/b21-20+,28-27-. The molecule has 0 amide bonds. The third-order valence-electron chi connectivity index (χ3n) is 5.05. The summed E-state index contributed by atoms with van der Waals surface area (Å²) in [5.74, 6) is 1.96. The molecule has 1 fully saturated rings. The fourth-order valence-corrected chi connectivity index (χ4v) is 4.72. The van der Waals surface area contributed by atoms with Crippen LogP contribution < -0.4 is 9.47 Å². The van der Waals surface area contributed by atoms with Crippen LogP contribution >= 0.6 is 11.8 Å². The van der Waals surface area contributed by atoms with Gasteiger partial charge < -0.3 is 9.47 Å². The summed E-state index contributed by atoms with van der Waals surface area (Å²) in [6.45, 7) is 0. The quantitative estimate of drug-likeness (QED) is 0.218. The number of para-hydroxylation sites is 2. The molecule has 3 aromatic rings. The Balaban J connectivity index is 1.46. The van der Waals surface area contributed by atoms with Crippen molar-refractivity contribution < 1.29 is 9.47 Å². The Labute approximate surface area is 188 Å². The molecule has 0 bridgehead atoms. The summed E-state index contributed by atoms with van der Waals surface area (Å²) < 4.78 is 11.7. The van der Waals surface area contributed by atoms with Gasteiger partial charge in [-0.05, 0) is 61.4 Å². The molecule has 0 radical (unpaired) electrons. The SMILES string of the molecule is C(=C\C(=N\c1ccc(SC2CCCCC2)cc1)Oc1ccccc1)/Oc1ccccc1. The Hall–Kier alpha value is -2.98. The predicted octanol–water partition coefficient (Wildman–Crippen LogP) is 7.81. The minimum atomic E-state index is 0.467. The molecule has 4 heteroatoms. The van der Waals surface area contributed by atoms with Gasteiger partial charge in [0.1, 0.15) is 11.5 Å². The van der Waals surface area contributed by atoms with E-state index in [0.29, 0.717) is 5.90 Å². The van der Waals surface area contributed by atoms with Gasteiger partial charge in [0.2, 0.25) is 5.90 Å². The molecular weight excluding hydrogens is 402 g/mol. The monoisotopic (exact) mass is 429 g/mol. The number of benzene rings is 3. The topological polar surface area (TPSA) is 30.8 Å². The van der Waals surface area contributed by atoms with Gasteiger partial charge in [-0.1, -0.05) is 55.7 Å². The largest absolute Gasteiger partial charge is 0.465 e. The molecular formula is C27H27NO2S. The molecule has 0 aliphatic heterocycles. The first-order chi connectivity index (χ1) is 15.3. The van der Waals surface area contributed by atoms with Crippen molar-refractivity contribution in [2.45, 2.75) is 42.2 Å². The summed E-state index contributed by atoms with van der Waals surface area (Å²) in [4.78, 5) is 6.00. The second-order valence-electron chi connectivity index (χ2n) is 7.47. The lowest BCUT2D eigenvalue weighted by molar-refractivity contribution is 0.479. The third kappa shape index (κ3) is 7.04. The number of ether oxygens (including phenoxy) is 2. The molecule has 0 heterocycles. The van der Waals surface area contributed by atoms with E-state index < -0.39 is 0 Å². The van der Waals surface area contributed by atoms with Gasteiger partial charge in [-0.25, -0.2) is 4.99 Å². The van der Waals surface area contributed by atoms with Gasteiger partial charge >= 0.3 is 0 Å². The van der Waals surface area contributed by atoms with Crippen molar-refractivity contribution in [3.63, 3.8) is 0 Å². The van der Waals surface area contributed by atoms with Gasteiger partial charge in [-0.15, -0.1) is 11.8 Å². The van der Waals surface area contributed by atoms with Crippen molar-refractivity contribution in [2.24, 2.45) is 4.99 Å². The van der Waals surface area contributed by atoms with Gasteiger partial charge in [0.05, 0.1) is 11.9 Å². The van der Waals surface area contributed by atoms with Crippen LogP contribution in [0.4, 0.5) is 5.69 Å². The summed E-state index contributed by atoms with van der Waals surface area (Å²) >= 11 is 1.99. The normalized spacial score (nSPS) is 15.2. The Morgan fingerprint density at radius 2 is 1.42 bits per heavy atom. The van der Waals surface area contributed by atoms with Crippen LogP contribution in [0.15, 0.2) is 107 Å². The van der Waals surface area contributed by atoms with Crippen molar-refractivity contribution in [1.82, 2.24) is 0 Å². The molecule has 0 atom stereocenters. The summed E-state index contributed by atoms with van der Waals surface area (Å²) in [5.41, 5.74) is 0.850. The predicted molar refractivity (Wildman–Crippen MR) is 130 cm³/mol. The maximum atomic E-state index is 5.99. The van der Waals surface area contributed by atoms with Crippen molar-refractivity contribution in [3.8, 4) is 11.5 Å². The molecule has 4 rings (SSSR count). The van der Waals surface area contributed by atoms with E-state index in [0.717, 1.165) is 22.4 Å². The van der Waals surface area contributed by atoms with E-state index in [9.17, 15) is 0 Å².